The van der Waals surface area contributed by atoms with Crippen LogP contribution in [0.15, 0.2) is 85.1 Å². The number of aromatic carboxylic acids is 1. The number of halogens is 1. The lowest BCUT2D eigenvalue weighted by molar-refractivity contribution is 0.0694. The minimum Gasteiger partial charge on any atom is -0.497 e. The number of carboxylic acids is 1. The molecule has 0 saturated heterocycles. The number of carbonyl (C=O) groups excluding carboxylic acids is 1. The van der Waals surface area contributed by atoms with E-state index in [2.05, 4.69) is 4.98 Å². The van der Waals surface area contributed by atoms with Gasteiger partial charge in [0.2, 0.25) is 5.78 Å². The van der Waals surface area contributed by atoms with Gasteiger partial charge in [0.25, 0.3) is 0 Å². The normalized spacial score (nSPS) is 10.5. The second kappa shape index (κ2) is 10.7. The van der Waals surface area contributed by atoms with Gasteiger partial charge in [-0.2, -0.15) is 0 Å². The highest BCUT2D eigenvalue weighted by molar-refractivity contribution is 6.30. The maximum absolute atomic E-state index is 12.9. The molecule has 0 amide bonds. The van der Waals surface area contributed by atoms with E-state index in [4.69, 9.17) is 25.8 Å². The molecule has 7 nitrogen and oxygen atoms in total. The summed E-state index contributed by atoms with van der Waals surface area (Å²) in [7, 11) is 1.55. The Hall–Kier alpha value is -4.36. The molecule has 1 heterocycles. The number of nitrogens with zero attached hydrogens (tertiary/aromatic N) is 1. The zero-order chi connectivity index (χ0) is 24.8. The Morgan fingerprint density at radius 3 is 2.31 bits per heavy atom. The van der Waals surface area contributed by atoms with Gasteiger partial charge in [-0.1, -0.05) is 23.7 Å². The second-order valence-corrected chi connectivity index (χ2v) is 7.86. The van der Waals surface area contributed by atoms with Gasteiger partial charge in [0, 0.05) is 10.6 Å². The van der Waals surface area contributed by atoms with E-state index in [0.29, 0.717) is 28.9 Å². The van der Waals surface area contributed by atoms with Crippen LogP contribution in [-0.2, 0) is 6.61 Å². The van der Waals surface area contributed by atoms with Gasteiger partial charge >= 0.3 is 5.97 Å². The average Bonchev–Trinajstić information content (AvgIpc) is 2.88. The number of benzene rings is 3. The van der Waals surface area contributed by atoms with Crippen molar-refractivity contribution in [2.24, 2.45) is 0 Å². The quantitative estimate of drug-likeness (QED) is 0.286. The Balaban J connectivity index is 1.48. The van der Waals surface area contributed by atoms with E-state index < -0.39 is 11.8 Å². The van der Waals surface area contributed by atoms with E-state index >= 15 is 0 Å². The van der Waals surface area contributed by atoms with Crippen LogP contribution in [0.25, 0.3) is 0 Å². The highest BCUT2D eigenvalue weighted by atomic mass is 35.5. The number of carboxylic acid groups (broad SMARTS) is 1. The van der Waals surface area contributed by atoms with Crippen LogP contribution >= 0.6 is 11.6 Å². The van der Waals surface area contributed by atoms with Gasteiger partial charge in [-0.15, -0.1) is 0 Å². The average molecular weight is 490 g/mol. The summed E-state index contributed by atoms with van der Waals surface area (Å²) in [5.74, 6) is 0.0197. The highest BCUT2D eigenvalue weighted by Crippen LogP contribution is 2.28. The van der Waals surface area contributed by atoms with Gasteiger partial charge in [0.15, 0.2) is 0 Å². The number of ketones is 1. The molecule has 0 fully saturated rings. The second-order valence-electron chi connectivity index (χ2n) is 7.42. The van der Waals surface area contributed by atoms with Crippen molar-refractivity contribution >= 4 is 23.4 Å². The van der Waals surface area contributed by atoms with Crippen molar-refractivity contribution in [3.05, 3.63) is 112 Å². The number of methoxy groups -OCH3 is 1. The van der Waals surface area contributed by atoms with Crippen molar-refractivity contribution in [2.45, 2.75) is 6.61 Å². The summed E-state index contributed by atoms with van der Waals surface area (Å²) in [5, 5.41) is 10.3. The third-order valence-corrected chi connectivity index (χ3v) is 5.26. The van der Waals surface area contributed by atoms with Crippen LogP contribution in [0.2, 0.25) is 5.02 Å². The van der Waals surface area contributed by atoms with Crippen LogP contribution in [0.1, 0.15) is 32.0 Å². The summed E-state index contributed by atoms with van der Waals surface area (Å²) in [5.41, 5.74) is 1.08. The van der Waals surface area contributed by atoms with Crippen molar-refractivity contribution in [2.75, 3.05) is 7.11 Å². The molecule has 4 rings (SSSR count). The van der Waals surface area contributed by atoms with Crippen LogP contribution in [-0.4, -0.2) is 29.0 Å². The zero-order valence-electron chi connectivity index (χ0n) is 18.6. The molecule has 176 valence electrons. The Kier molecular flexibility index (Phi) is 7.28. The molecule has 1 aromatic heterocycles. The largest absolute Gasteiger partial charge is 0.497 e. The number of aromatic nitrogens is 1. The number of carbonyl (C=O) groups is 2. The molecular weight excluding hydrogens is 470 g/mol. The summed E-state index contributed by atoms with van der Waals surface area (Å²) in [6.07, 6.45) is 1.44. The number of hydrogen-bond donors (Lipinski definition) is 1. The van der Waals surface area contributed by atoms with E-state index in [1.807, 2.05) is 12.1 Å². The molecule has 0 aliphatic carbocycles. The minimum absolute atomic E-state index is 0.108. The standard InChI is InChI=1S/C27H20ClNO6/c1-33-20-6-8-21(9-7-20)35-25-12-5-18(14-23(25)27(31)32)26(30)24-11-10-22(15-29-24)34-16-17-3-2-4-19(28)13-17/h2-15H,16H2,1H3,(H,31,32). The lowest BCUT2D eigenvalue weighted by Gasteiger charge is -2.11. The van der Waals surface area contributed by atoms with Gasteiger partial charge in [-0.05, 0) is 72.3 Å². The fourth-order valence-corrected chi connectivity index (χ4v) is 3.45. The third-order valence-electron chi connectivity index (χ3n) is 5.02. The lowest BCUT2D eigenvalue weighted by Crippen LogP contribution is -2.08. The first-order chi connectivity index (χ1) is 16.9. The minimum atomic E-state index is -1.22. The highest BCUT2D eigenvalue weighted by Gasteiger charge is 2.18. The summed E-state index contributed by atoms with van der Waals surface area (Å²) >= 11 is 5.98. The first kappa shape index (κ1) is 23.8. The molecule has 0 radical (unpaired) electrons. The maximum Gasteiger partial charge on any atom is 0.339 e. The fraction of sp³-hybridized carbons (Fsp3) is 0.0741. The van der Waals surface area contributed by atoms with Crippen molar-refractivity contribution in [3.63, 3.8) is 0 Å². The molecule has 0 aliphatic heterocycles. The van der Waals surface area contributed by atoms with Gasteiger partial charge in [-0.25, -0.2) is 9.78 Å². The maximum atomic E-state index is 12.9. The summed E-state index contributed by atoms with van der Waals surface area (Å²) in [6, 6.07) is 21.4. The van der Waals surface area contributed by atoms with Crippen LogP contribution in [0.3, 0.4) is 0 Å². The number of rotatable bonds is 9. The topological polar surface area (TPSA) is 95.0 Å². The lowest BCUT2D eigenvalue weighted by atomic mass is 10.0. The predicted molar refractivity (Wildman–Crippen MR) is 130 cm³/mol. The monoisotopic (exact) mass is 489 g/mol. The van der Waals surface area contributed by atoms with Crippen LogP contribution in [0.5, 0.6) is 23.0 Å². The van der Waals surface area contributed by atoms with E-state index in [-0.39, 0.29) is 22.6 Å². The third kappa shape index (κ3) is 5.96. The molecule has 0 saturated carbocycles. The van der Waals surface area contributed by atoms with Crippen molar-refractivity contribution in [1.82, 2.24) is 4.98 Å². The van der Waals surface area contributed by atoms with Crippen LogP contribution in [0, 0.1) is 0 Å². The predicted octanol–water partition coefficient (Wildman–Crippen LogP) is 6.04. The number of hydrogen-bond acceptors (Lipinski definition) is 6. The SMILES string of the molecule is COc1ccc(Oc2ccc(C(=O)c3ccc(OCc4cccc(Cl)c4)cn3)cc2C(=O)O)cc1. The van der Waals surface area contributed by atoms with E-state index in [9.17, 15) is 14.7 Å². The molecule has 3 aromatic carbocycles. The summed E-state index contributed by atoms with van der Waals surface area (Å²) < 4.78 is 16.5. The molecule has 0 spiro atoms. The molecule has 0 unspecified atom stereocenters. The van der Waals surface area contributed by atoms with Gasteiger partial charge in [-0.3, -0.25) is 4.79 Å². The summed E-state index contributed by atoms with van der Waals surface area (Å²) in [4.78, 5) is 28.9. The van der Waals surface area contributed by atoms with Gasteiger partial charge in [0.1, 0.15) is 40.9 Å². The molecule has 35 heavy (non-hydrogen) atoms. The number of pyridine rings is 1. The Morgan fingerprint density at radius 1 is 0.914 bits per heavy atom. The molecular formula is C27H20ClNO6. The van der Waals surface area contributed by atoms with Gasteiger partial charge in [0.05, 0.1) is 13.3 Å². The molecule has 0 bridgehead atoms. The number of ether oxygens (including phenoxy) is 3. The Morgan fingerprint density at radius 2 is 1.66 bits per heavy atom. The van der Waals surface area contributed by atoms with E-state index in [1.54, 1.807) is 49.6 Å². The van der Waals surface area contributed by atoms with Gasteiger partial charge < -0.3 is 19.3 Å². The molecule has 4 aromatic rings. The molecule has 1 N–H and O–H groups in total. The van der Waals surface area contributed by atoms with Crippen molar-refractivity contribution in [3.8, 4) is 23.0 Å². The van der Waals surface area contributed by atoms with Crippen molar-refractivity contribution < 1.29 is 28.9 Å². The molecule has 0 aliphatic rings. The molecule has 0 atom stereocenters. The molecule has 8 heteroatoms. The Bertz CT molecular complexity index is 1350. The summed E-state index contributed by atoms with van der Waals surface area (Å²) in [6.45, 7) is 0.299. The fourth-order valence-electron chi connectivity index (χ4n) is 3.24. The first-order valence-corrected chi connectivity index (χ1v) is 10.9. The smallest absolute Gasteiger partial charge is 0.339 e. The first-order valence-electron chi connectivity index (χ1n) is 10.5. The zero-order valence-corrected chi connectivity index (χ0v) is 19.4. The van der Waals surface area contributed by atoms with Crippen LogP contribution < -0.4 is 14.2 Å². The van der Waals surface area contributed by atoms with E-state index in [0.717, 1.165) is 5.56 Å². The van der Waals surface area contributed by atoms with Crippen LogP contribution in [0.4, 0.5) is 0 Å². The van der Waals surface area contributed by atoms with E-state index in [1.165, 1.54) is 30.5 Å². The Labute approximate surface area is 206 Å². The van der Waals surface area contributed by atoms with Crippen molar-refractivity contribution in [1.29, 1.82) is 0 Å².